The Morgan fingerprint density at radius 3 is 2.46 bits per heavy atom. The number of carbonyl (C=O) groups excluding carboxylic acids is 6. The highest BCUT2D eigenvalue weighted by Gasteiger charge is 2.28. The van der Waals surface area contributed by atoms with Crippen molar-refractivity contribution in [3.63, 3.8) is 0 Å². The Morgan fingerprint density at radius 2 is 1.73 bits per heavy atom. The van der Waals surface area contributed by atoms with Crippen LogP contribution in [0.5, 0.6) is 0 Å². The van der Waals surface area contributed by atoms with Crippen molar-refractivity contribution in [2.75, 3.05) is 38.2 Å². The van der Waals surface area contributed by atoms with Crippen molar-refractivity contribution in [1.82, 2.24) is 10.6 Å². The van der Waals surface area contributed by atoms with Gasteiger partial charge in [-0.3, -0.25) is 19.2 Å². The molecule has 1 aliphatic carbocycles. The largest absolute Gasteiger partial charge is 0.449 e. The van der Waals surface area contributed by atoms with Crippen LogP contribution in [-0.2, 0) is 39.9 Å². The number of carbonyl (C=O) groups is 6. The molecule has 41 heavy (non-hydrogen) atoms. The van der Waals surface area contributed by atoms with Crippen LogP contribution in [0.4, 0.5) is 10.5 Å². The van der Waals surface area contributed by atoms with Crippen molar-refractivity contribution >= 4 is 41.4 Å². The second-order valence-corrected chi connectivity index (χ2v) is 10.3. The van der Waals surface area contributed by atoms with E-state index in [4.69, 9.17) is 9.47 Å². The minimum Gasteiger partial charge on any atom is -0.449 e. The smallest absolute Gasteiger partial charge is 0.407 e. The molecule has 0 bridgehead atoms. The third-order valence-electron chi connectivity index (χ3n) is 6.70. The lowest BCUT2D eigenvalue weighted by Gasteiger charge is -2.19. The normalized spacial score (nSPS) is 15.4. The molecule has 0 aliphatic heterocycles. The fourth-order valence-corrected chi connectivity index (χ4v) is 4.36. The molecule has 2 unspecified atom stereocenters. The molecule has 0 spiro atoms. The van der Waals surface area contributed by atoms with E-state index in [9.17, 15) is 28.8 Å². The van der Waals surface area contributed by atoms with Crippen molar-refractivity contribution < 1.29 is 38.2 Å². The van der Waals surface area contributed by atoms with Gasteiger partial charge in [-0.25, -0.2) is 4.79 Å². The highest BCUT2D eigenvalue weighted by atomic mass is 16.5. The van der Waals surface area contributed by atoms with Crippen LogP contribution in [0.3, 0.4) is 0 Å². The summed E-state index contributed by atoms with van der Waals surface area (Å²) in [6, 6.07) is 6.80. The molecular weight excluding hydrogens is 530 g/mol. The number of rotatable bonds is 19. The van der Waals surface area contributed by atoms with Gasteiger partial charge in [-0.2, -0.15) is 0 Å². The molecule has 1 fully saturated rings. The summed E-state index contributed by atoms with van der Waals surface area (Å²) in [5.74, 6) is -1.39. The predicted octanol–water partition coefficient (Wildman–Crippen LogP) is 3.14. The zero-order chi connectivity index (χ0) is 29.9. The molecule has 0 radical (unpaired) electrons. The number of hydrogen-bond acceptors (Lipinski definition) is 8. The number of ether oxygens (including phenoxy) is 2. The van der Waals surface area contributed by atoms with Gasteiger partial charge in [-0.15, -0.1) is 0 Å². The fraction of sp³-hybridized carbons (Fsp3) is 0.600. The lowest BCUT2D eigenvalue weighted by molar-refractivity contribution is -0.134. The number of alkyl carbamates (subject to hydrolysis) is 1. The van der Waals surface area contributed by atoms with E-state index in [2.05, 4.69) is 16.0 Å². The van der Waals surface area contributed by atoms with E-state index in [-0.39, 0.29) is 50.1 Å². The van der Waals surface area contributed by atoms with Crippen LogP contribution in [0, 0.1) is 11.8 Å². The van der Waals surface area contributed by atoms with Crippen molar-refractivity contribution in [1.29, 1.82) is 0 Å². The van der Waals surface area contributed by atoms with Gasteiger partial charge in [0.15, 0.2) is 0 Å². The van der Waals surface area contributed by atoms with Crippen molar-refractivity contribution in [3.8, 4) is 0 Å². The lowest BCUT2D eigenvalue weighted by Crippen LogP contribution is -2.31. The van der Waals surface area contributed by atoms with Gasteiger partial charge in [-0.05, 0) is 43.4 Å². The van der Waals surface area contributed by atoms with Crippen LogP contribution in [0.1, 0.15) is 70.3 Å². The van der Waals surface area contributed by atoms with Crippen molar-refractivity contribution in [3.05, 3.63) is 29.8 Å². The van der Waals surface area contributed by atoms with Crippen LogP contribution in [0.2, 0.25) is 0 Å². The Kier molecular flexibility index (Phi) is 16.0. The number of benzene rings is 1. The van der Waals surface area contributed by atoms with Gasteiger partial charge in [0.05, 0.1) is 19.1 Å². The van der Waals surface area contributed by atoms with Crippen molar-refractivity contribution in [2.45, 2.75) is 71.1 Å². The molecule has 11 heteroatoms. The number of aldehydes is 1. The number of Topliss-reactive ketones (excluding diaryl/α,β-unsaturated/α-hetero) is 2. The van der Waals surface area contributed by atoms with Gasteiger partial charge in [0.2, 0.25) is 11.8 Å². The first-order valence-electron chi connectivity index (χ1n) is 14.4. The fourth-order valence-electron chi connectivity index (χ4n) is 4.36. The van der Waals surface area contributed by atoms with E-state index in [1.165, 1.54) is 0 Å². The summed E-state index contributed by atoms with van der Waals surface area (Å²) in [6.07, 6.45) is 6.09. The number of hydrogen-bond donors (Lipinski definition) is 3. The summed E-state index contributed by atoms with van der Waals surface area (Å²) in [7, 11) is 0. The molecule has 1 aromatic rings. The molecular formula is C30H43N3O8. The van der Waals surface area contributed by atoms with Crippen LogP contribution >= 0.6 is 0 Å². The molecule has 11 nitrogen and oxygen atoms in total. The summed E-state index contributed by atoms with van der Waals surface area (Å²) in [5, 5.41) is 7.92. The quantitative estimate of drug-likeness (QED) is 0.129. The van der Waals surface area contributed by atoms with Crippen LogP contribution < -0.4 is 16.0 Å². The second kappa shape index (κ2) is 19.5. The maximum atomic E-state index is 12.5. The number of amides is 3. The summed E-state index contributed by atoms with van der Waals surface area (Å²) >= 11 is 0. The highest BCUT2D eigenvalue weighted by Crippen LogP contribution is 2.23. The van der Waals surface area contributed by atoms with Gasteiger partial charge in [0, 0.05) is 50.6 Å². The van der Waals surface area contributed by atoms with Gasteiger partial charge in [0.1, 0.15) is 24.3 Å². The predicted molar refractivity (Wildman–Crippen MR) is 152 cm³/mol. The lowest BCUT2D eigenvalue weighted by atomic mass is 9.83. The topological polar surface area (TPSA) is 157 Å². The molecule has 0 saturated heterocycles. The first-order valence-corrected chi connectivity index (χ1v) is 14.4. The molecule has 226 valence electrons. The summed E-state index contributed by atoms with van der Waals surface area (Å²) in [6.45, 7) is 3.41. The first-order chi connectivity index (χ1) is 19.8. The third-order valence-corrected chi connectivity index (χ3v) is 6.70. The summed E-state index contributed by atoms with van der Waals surface area (Å²) in [5.41, 5.74) is 1.28. The van der Waals surface area contributed by atoms with E-state index >= 15 is 0 Å². The summed E-state index contributed by atoms with van der Waals surface area (Å²) < 4.78 is 10.5. The maximum Gasteiger partial charge on any atom is 0.407 e. The SMILES string of the molecule is CC(C=O)CCCCNC(=O)OCCCOCCNC(=O)CC(=O)Nc1ccc(CC(=O)C2CCCCC2=O)cc1. The third kappa shape index (κ3) is 14.6. The summed E-state index contributed by atoms with van der Waals surface area (Å²) in [4.78, 5) is 70.8. The highest BCUT2D eigenvalue weighted by molar-refractivity contribution is 6.04. The average Bonchev–Trinajstić information content (AvgIpc) is 2.95. The minimum atomic E-state index is -0.495. The first kappa shape index (κ1) is 33.6. The number of nitrogens with one attached hydrogen (secondary N) is 3. The molecule has 0 aromatic heterocycles. The molecule has 1 aliphatic rings. The van der Waals surface area contributed by atoms with Crippen LogP contribution in [0.25, 0.3) is 0 Å². The zero-order valence-corrected chi connectivity index (χ0v) is 23.9. The molecule has 3 N–H and O–H groups in total. The Balaban J connectivity index is 1.48. The van der Waals surface area contributed by atoms with E-state index in [1.807, 2.05) is 6.92 Å². The average molecular weight is 574 g/mol. The van der Waals surface area contributed by atoms with Gasteiger partial charge >= 0.3 is 6.09 Å². The molecule has 2 atom stereocenters. The second-order valence-electron chi connectivity index (χ2n) is 10.3. The Labute approximate surface area is 241 Å². The van der Waals surface area contributed by atoms with E-state index in [1.54, 1.807) is 24.3 Å². The number of anilines is 1. The molecule has 0 heterocycles. The van der Waals surface area contributed by atoms with Gasteiger partial charge < -0.3 is 30.2 Å². The molecule has 1 aromatic carbocycles. The Bertz CT molecular complexity index is 1010. The number of ketones is 2. The molecule has 1 saturated carbocycles. The van der Waals surface area contributed by atoms with Crippen molar-refractivity contribution in [2.24, 2.45) is 11.8 Å². The van der Waals surface area contributed by atoms with E-state index in [0.717, 1.165) is 44.0 Å². The van der Waals surface area contributed by atoms with E-state index in [0.29, 0.717) is 38.1 Å². The number of unbranched alkanes of at least 4 members (excludes halogenated alkanes) is 1. The van der Waals surface area contributed by atoms with Gasteiger partial charge in [-0.1, -0.05) is 31.9 Å². The zero-order valence-electron chi connectivity index (χ0n) is 23.9. The maximum absolute atomic E-state index is 12.5. The Morgan fingerprint density at radius 1 is 0.951 bits per heavy atom. The Hall–Kier alpha value is -3.60. The van der Waals surface area contributed by atoms with Crippen LogP contribution in [-0.4, -0.2) is 68.7 Å². The van der Waals surface area contributed by atoms with Gasteiger partial charge in [0.25, 0.3) is 0 Å². The molecule has 2 rings (SSSR count). The van der Waals surface area contributed by atoms with Crippen LogP contribution in [0.15, 0.2) is 24.3 Å². The monoisotopic (exact) mass is 573 g/mol. The molecule has 3 amide bonds. The standard InChI is InChI=1S/C30H43N3O8/c1-22(21-34)7-4-5-14-32-30(39)41-17-6-16-40-18-15-31-28(37)20-29(38)33-24-12-10-23(11-13-24)19-27(36)25-8-2-3-9-26(25)35/h10-13,21-22,25H,2-9,14-20H2,1H3,(H,31,37)(H,32,39)(H,33,38). The minimum absolute atomic E-state index is 0.0343. The van der Waals surface area contributed by atoms with E-state index < -0.39 is 23.8 Å².